The third kappa shape index (κ3) is 5.54. The lowest BCUT2D eigenvalue weighted by Crippen LogP contribution is -2.30. The molecule has 3 aromatic heterocycles. The van der Waals surface area contributed by atoms with Crippen molar-refractivity contribution in [3.63, 3.8) is 0 Å². The molecule has 11 rings (SSSR count). The van der Waals surface area contributed by atoms with Gasteiger partial charge in [-0.3, -0.25) is 9.59 Å². The van der Waals surface area contributed by atoms with Crippen LogP contribution in [0, 0.1) is 0 Å². The molecule has 0 radical (unpaired) electrons. The highest BCUT2D eigenvalue weighted by atomic mass is 16.2. The predicted octanol–water partition coefficient (Wildman–Crippen LogP) is 11.5. The van der Waals surface area contributed by atoms with Crippen molar-refractivity contribution in [2.24, 2.45) is 0 Å². The molecule has 0 bridgehead atoms. The van der Waals surface area contributed by atoms with E-state index in [1.807, 2.05) is 115 Å². The summed E-state index contributed by atoms with van der Waals surface area (Å²) < 4.78 is 2.12. The first-order valence-electron chi connectivity index (χ1n) is 19.6. The minimum Gasteiger partial charge on any atom is -0.307 e. The summed E-state index contributed by atoms with van der Waals surface area (Å²) in [6.07, 6.45) is 10.2. The third-order valence-electron chi connectivity index (χ3n) is 11.3. The second-order valence-corrected chi connectivity index (χ2v) is 14.7. The van der Waals surface area contributed by atoms with Crippen LogP contribution in [0.4, 0.5) is 5.69 Å². The normalized spacial score (nSPS) is 12.4. The van der Waals surface area contributed by atoms with E-state index in [0.717, 1.165) is 77.4 Å². The molecule has 10 aromatic rings. The molecule has 8 heteroatoms. The minimum absolute atomic E-state index is 0.310. The lowest BCUT2D eigenvalue weighted by molar-refractivity contribution is 0.0926. The van der Waals surface area contributed by atoms with Gasteiger partial charge in [-0.2, -0.15) is 0 Å². The van der Waals surface area contributed by atoms with Gasteiger partial charge in [0, 0.05) is 68.9 Å². The zero-order valence-electron chi connectivity index (χ0n) is 32.0. The number of fused-ring (bicyclic) bond motifs is 4. The highest BCUT2D eigenvalue weighted by Crippen LogP contribution is 2.48. The largest absolute Gasteiger partial charge is 0.307 e. The summed E-state index contributed by atoms with van der Waals surface area (Å²) in [5.74, 6) is -0.809. The second-order valence-electron chi connectivity index (χ2n) is 14.7. The number of aromatic nitrogens is 5. The van der Waals surface area contributed by atoms with Gasteiger partial charge in [0.2, 0.25) is 0 Å². The van der Waals surface area contributed by atoms with Gasteiger partial charge in [0.05, 0.1) is 33.5 Å². The molecular formula is C52H32N6O2. The van der Waals surface area contributed by atoms with Crippen LogP contribution in [0.3, 0.4) is 0 Å². The number of carbonyl (C=O) groups is 2. The fraction of sp³-hybridized carbons (Fsp3) is 0. The second kappa shape index (κ2) is 14.2. The van der Waals surface area contributed by atoms with Gasteiger partial charge in [0.15, 0.2) is 0 Å². The number of anilines is 1. The van der Waals surface area contributed by atoms with Gasteiger partial charge < -0.3 is 4.57 Å². The highest BCUT2D eigenvalue weighted by Gasteiger charge is 2.42. The summed E-state index contributed by atoms with van der Waals surface area (Å²) in [6, 6.07) is 52.1. The zero-order chi connectivity index (χ0) is 40.2. The molecular weight excluding hydrogens is 741 g/mol. The molecule has 0 unspecified atom stereocenters. The Morgan fingerprint density at radius 2 is 0.817 bits per heavy atom. The van der Waals surface area contributed by atoms with Crippen molar-refractivity contribution in [2.45, 2.75) is 0 Å². The fourth-order valence-corrected chi connectivity index (χ4v) is 8.70. The van der Waals surface area contributed by atoms with Crippen LogP contribution >= 0.6 is 0 Å². The average molecular weight is 773 g/mol. The number of imide groups is 1. The highest BCUT2D eigenvalue weighted by molar-refractivity contribution is 6.37. The Morgan fingerprint density at radius 3 is 1.32 bits per heavy atom. The molecule has 282 valence electrons. The van der Waals surface area contributed by atoms with Gasteiger partial charge in [0.1, 0.15) is 12.7 Å². The van der Waals surface area contributed by atoms with Crippen molar-refractivity contribution in [1.82, 2.24) is 24.5 Å². The van der Waals surface area contributed by atoms with Crippen molar-refractivity contribution in [1.29, 1.82) is 0 Å². The maximum atomic E-state index is 15.7. The summed E-state index contributed by atoms with van der Waals surface area (Å²) in [5.41, 5.74) is 12.1. The molecule has 0 aliphatic carbocycles. The number of hydrogen-bond donors (Lipinski definition) is 0. The molecule has 1 aliphatic rings. The number of amides is 2. The molecule has 0 saturated carbocycles. The Labute approximate surface area is 344 Å². The molecule has 0 fully saturated rings. The average Bonchev–Trinajstić information content (AvgIpc) is 3.80. The van der Waals surface area contributed by atoms with Crippen LogP contribution in [-0.2, 0) is 0 Å². The van der Waals surface area contributed by atoms with E-state index in [4.69, 9.17) is 0 Å². The minimum atomic E-state index is -0.413. The smallest absolute Gasteiger partial charge is 0.268 e. The molecule has 0 saturated heterocycles. The van der Waals surface area contributed by atoms with Crippen LogP contribution in [0.25, 0.3) is 83.1 Å². The summed E-state index contributed by atoms with van der Waals surface area (Å²) in [6.45, 7) is 0. The fourth-order valence-electron chi connectivity index (χ4n) is 8.70. The summed E-state index contributed by atoms with van der Waals surface area (Å²) in [5, 5.41) is 1.93. The Morgan fingerprint density at radius 1 is 0.367 bits per heavy atom. The van der Waals surface area contributed by atoms with E-state index in [0.29, 0.717) is 22.5 Å². The van der Waals surface area contributed by atoms with Crippen LogP contribution in [0.5, 0.6) is 0 Å². The van der Waals surface area contributed by atoms with E-state index in [-0.39, 0.29) is 0 Å². The third-order valence-corrected chi connectivity index (χ3v) is 11.3. The SMILES string of the molecule is O=C1c2cccc(-n3c4c(-c5cncnc5)cccc4c4cccc(-c5cncnc5)c43)c2C(=O)N1c1c(-c2ccccc2)cc(-c2ccccc2)cc1-c1ccccc1. The first kappa shape index (κ1) is 34.9. The van der Waals surface area contributed by atoms with E-state index < -0.39 is 11.8 Å². The molecule has 7 aromatic carbocycles. The van der Waals surface area contributed by atoms with Gasteiger partial charge in [-0.25, -0.2) is 24.8 Å². The summed E-state index contributed by atoms with van der Waals surface area (Å²) in [4.78, 5) is 49.7. The van der Waals surface area contributed by atoms with Gasteiger partial charge in [0.25, 0.3) is 11.8 Å². The van der Waals surface area contributed by atoms with Gasteiger partial charge in [-0.1, -0.05) is 133 Å². The monoisotopic (exact) mass is 772 g/mol. The number of carbonyl (C=O) groups excluding carboxylic acids is 2. The molecule has 1 aliphatic heterocycles. The van der Waals surface area contributed by atoms with Crippen LogP contribution in [0.2, 0.25) is 0 Å². The Bertz CT molecular complexity index is 3120. The van der Waals surface area contributed by atoms with Crippen LogP contribution in [0.1, 0.15) is 20.7 Å². The summed E-state index contributed by atoms with van der Waals surface area (Å²) >= 11 is 0. The first-order valence-corrected chi connectivity index (χ1v) is 19.6. The standard InChI is InChI=1S/C52H32N6O2/c59-51-43-23-12-24-46(57-48-39(37-27-53-31-54-28-37)19-10-21-41(48)42-22-11-20-40(49(42)57)38-29-55-32-56-30-38)47(43)52(60)58(51)50-44(34-15-6-2-7-16-34)25-36(33-13-4-1-5-14-33)26-45(50)35-17-8-3-9-18-35/h1-32H. The van der Waals surface area contributed by atoms with Crippen molar-refractivity contribution in [2.75, 3.05) is 4.90 Å². The van der Waals surface area contributed by atoms with E-state index in [9.17, 15) is 0 Å². The molecule has 60 heavy (non-hydrogen) atoms. The van der Waals surface area contributed by atoms with E-state index >= 15 is 9.59 Å². The molecule has 0 spiro atoms. The number of benzene rings is 7. The number of nitrogens with zero attached hydrogens (tertiary/aromatic N) is 6. The van der Waals surface area contributed by atoms with Crippen LogP contribution < -0.4 is 4.90 Å². The number of rotatable bonds is 7. The Balaban J connectivity index is 1.21. The quantitative estimate of drug-likeness (QED) is 0.150. The van der Waals surface area contributed by atoms with Gasteiger partial charge in [-0.05, 0) is 46.5 Å². The Hall–Kier alpha value is -8.36. The van der Waals surface area contributed by atoms with Crippen molar-refractivity contribution in [3.8, 4) is 61.3 Å². The molecule has 2 amide bonds. The van der Waals surface area contributed by atoms with Crippen LogP contribution in [-0.4, -0.2) is 36.3 Å². The number of para-hydroxylation sites is 2. The lowest BCUT2D eigenvalue weighted by atomic mass is 9.90. The maximum Gasteiger partial charge on any atom is 0.268 e. The summed E-state index contributed by atoms with van der Waals surface area (Å²) in [7, 11) is 0. The topological polar surface area (TPSA) is 93.9 Å². The van der Waals surface area contributed by atoms with E-state index in [1.165, 1.54) is 17.6 Å². The van der Waals surface area contributed by atoms with Crippen molar-refractivity contribution in [3.05, 3.63) is 206 Å². The molecule has 8 nitrogen and oxygen atoms in total. The van der Waals surface area contributed by atoms with Crippen molar-refractivity contribution < 1.29 is 9.59 Å². The van der Waals surface area contributed by atoms with Gasteiger partial charge >= 0.3 is 0 Å². The van der Waals surface area contributed by atoms with Crippen molar-refractivity contribution >= 4 is 39.3 Å². The Kier molecular flexibility index (Phi) is 8.27. The lowest BCUT2D eigenvalue weighted by Gasteiger charge is -2.24. The molecule has 0 N–H and O–H groups in total. The maximum absolute atomic E-state index is 15.7. The molecule has 0 atom stereocenters. The molecule has 4 heterocycles. The predicted molar refractivity (Wildman–Crippen MR) is 237 cm³/mol. The zero-order valence-corrected chi connectivity index (χ0v) is 32.0. The number of hydrogen-bond acceptors (Lipinski definition) is 6. The van der Waals surface area contributed by atoms with Crippen LogP contribution in [0.15, 0.2) is 195 Å². The first-order chi connectivity index (χ1) is 29.7. The van der Waals surface area contributed by atoms with Gasteiger partial charge in [-0.15, -0.1) is 0 Å². The van der Waals surface area contributed by atoms with E-state index in [1.54, 1.807) is 30.9 Å². The van der Waals surface area contributed by atoms with E-state index in [2.05, 4.69) is 60.9 Å².